The number of benzene rings is 1. The predicted molar refractivity (Wildman–Crippen MR) is 66.5 cm³/mol. The summed E-state index contributed by atoms with van der Waals surface area (Å²) in [4.78, 5) is 13.2. The average Bonchev–Trinajstić information content (AvgIpc) is 2.29. The summed E-state index contributed by atoms with van der Waals surface area (Å²) in [5.74, 6) is -0.314. The highest BCUT2D eigenvalue weighted by molar-refractivity contribution is 9.09. The van der Waals surface area contributed by atoms with E-state index in [1.165, 1.54) is 24.3 Å². The minimum absolute atomic E-state index is 0.187. The number of nitrogens with one attached hydrogen (secondary N) is 1. The minimum Gasteiger partial charge on any atom is -0.328 e. The first-order valence-electron chi connectivity index (χ1n) is 4.97. The minimum atomic E-state index is -0.314. The van der Waals surface area contributed by atoms with Crippen molar-refractivity contribution >= 4 is 27.6 Å². The lowest BCUT2D eigenvalue weighted by Crippen LogP contribution is -2.32. The van der Waals surface area contributed by atoms with Crippen molar-refractivity contribution in [1.82, 2.24) is 4.90 Å². The van der Waals surface area contributed by atoms with Gasteiger partial charge in [0.25, 0.3) is 0 Å². The lowest BCUT2D eigenvalue weighted by atomic mass is 10.3. The molecule has 0 radical (unpaired) electrons. The van der Waals surface area contributed by atoms with Gasteiger partial charge in [0.05, 0.1) is 0 Å². The van der Waals surface area contributed by atoms with Crippen LogP contribution in [0.15, 0.2) is 24.3 Å². The molecule has 0 unspecified atom stereocenters. The maximum atomic E-state index is 12.6. The Morgan fingerprint density at radius 3 is 2.62 bits per heavy atom. The number of rotatable bonds is 4. The van der Waals surface area contributed by atoms with E-state index in [2.05, 4.69) is 21.2 Å². The van der Waals surface area contributed by atoms with Gasteiger partial charge in [0.1, 0.15) is 5.82 Å². The Morgan fingerprint density at radius 2 is 2.06 bits per heavy atom. The molecule has 0 spiro atoms. The van der Waals surface area contributed by atoms with Gasteiger partial charge in [-0.05, 0) is 30.7 Å². The van der Waals surface area contributed by atoms with Gasteiger partial charge >= 0.3 is 6.03 Å². The molecule has 1 N–H and O–H groups in total. The number of amides is 2. The van der Waals surface area contributed by atoms with E-state index >= 15 is 0 Å². The second-order valence-electron chi connectivity index (χ2n) is 3.40. The maximum Gasteiger partial charge on any atom is 0.321 e. The maximum absolute atomic E-state index is 12.6. The van der Waals surface area contributed by atoms with Gasteiger partial charge in [-0.2, -0.15) is 0 Å². The van der Waals surface area contributed by atoms with Gasteiger partial charge in [-0.3, -0.25) is 0 Å². The third kappa shape index (κ3) is 4.18. The number of halogens is 2. The molecule has 0 atom stereocenters. The number of urea groups is 1. The third-order valence-corrected chi connectivity index (χ3v) is 2.63. The van der Waals surface area contributed by atoms with Crippen molar-refractivity contribution in [2.45, 2.75) is 6.42 Å². The lowest BCUT2D eigenvalue weighted by molar-refractivity contribution is 0.222. The lowest BCUT2D eigenvalue weighted by Gasteiger charge is -2.17. The highest BCUT2D eigenvalue weighted by Crippen LogP contribution is 2.08. The molecule has 1 aromatic carbocycles. The first-order chi connectivity index (χ1) is 7.63. The van der Waals surface area contributed by atoms with Crippen LogP contribution in [0.1, 0.15) is 6.42 Å². The zero-order valence-electron chi connectivity index (χ0n) is 9.04. The van der Waals surface area contributed by atoms with Crippen molar-refractivity contribution in [1.29, 1.82) is 0 Å². The van der Waals surface area contributed by atoms with E-state index in [-0.39, 0.29) is 11.8 Å². The number of carbonyl (C=O) groups excluding carboxylic acids is 1. The van der Waals surface area contributed by atoms with Crippen LogP contribution >= 0.6 is 15.9 Å². The molecule has 16 heavy (non-hydrogen) atoms. The van der Waals surface area contributed by atoms with Crippen molar-refractivity contribution in [3.63, 3.8) is 0 Å². The molecule has 0 bridgehead atoms. The number of nitrogens with zero attached hydrogens (tertiary/aromatic N) is 1. The summed E-state index contributed by atoms with van der Waals surface area (Å²) < 4.78 is 12.6. The molecule has 0 saturated heterocycles. The van der Waals surface area contributed by atoms with E-state index in [1.807, 2.05) is 0 Å². The van der Waals surface area contributed by atoms with Crippen LogP contribution in [0.4, 0.5) is 14.9 Å². The van der Waals surface area contributed by atoms with E-state index in [0.29, 0.717) is 12.2 Å². The average molecular weight is 289 g/mol. The van der Waals surface area contributed by atoms with E-state index < -0.39 is 0 Å². The topological polar surface area (TPSA) is 32.3 Å². The van der Waals surface area contributed by atoms with Gasteiger partial charge in [-0.1, -0.05) is 15.9 Å². The van der Waals surface area contributed by atoms with Crippen molar-refractivity contribution in [2.75, 3.05) is 24.2 Å². The summed E-state index contributed by atoms with van der Waals surface area (Å²) in [7, 11) is 1.72. The molecule has 0 aromatic heterocycles. The van der Waals surface area contributed by atoms with Crippen LogP contribution in [0.25, 0.3) is 0 Å². The van der Waals surface area contributed by atoms with Gasteiger partial charge in [-0.15, -0.1) is 0 Å². The van der Waals surface area contributed by atoms with Crippen LogP contribution in [-0.2, 0) is 0 Å². The quantitative estimate of drug-likeness (QED) is 0.849. The first-order valence-corrected chi connectivity index (χ1v) is 6.09. The smallest absolute Gasteiger partial charge is 0.321 e. The Labute approximate surface area is 103 Å². The number of carbonyl (C=O) groups is 1. The fraction of sp³-hybridized carbons (Fsp3) is 0.364. The Balaban J connectivity index is 2.47. The van der Waals surface area contributed by atoms with Crippen LogP contribution in [0.2, 0.25) is 0 Å². The number of hydrogen-bond donors (Lipinski definition) is 1. The molecule has 0 aliphatic rings. The summed E-state index contributed by atoms with van der Waals surface area (Å²) >= 11 is 3.30. The van der Waals surface area contributed by atoms with E-state index in [9.17, 15) is 9.18 Å². The highest BCUT2D eigenvalue weighted by Gasteiger charge is 2.07. The Kier molecular flexibility index (Phi) is 5.25. The standard InChI is InChI=1S/C11H14BrFN2O/c1-15(8-2-7-12)11(16)14-10-5-3-9(13)4-6-10/h3-6H,2,7-8H2,1H3,(H,14,16). The van der Waals surface area contributed by atoms with Crippen molar-refractivity contribution in [2.24, 2.45) is 0 Å². The molecular weight excluding hydrogens is 275 g/mol. The van der Waals surface area contributed by atoms with Gasteiger partial charge < -0.3 is 10.2 Å². The van der Waals surface area contributed by atoms with E-state index in [4.69, 9.17) is 0 Å². The summed E-state index contributed by atoms with van der Waals surface area (Å²) in [5.41, 5.74) is 0.595. The highest BCUT2D eigenvalue weighted by atomic mass is 79.9. The molecule has 0 fully saturated rings. The van der Waals surface area contributed by atoms with Crippen LogP contribution in [0.5, 0.6) is 0 Å². The van der Waals surface area contributed by atoms with Gasteiger partial charge in [-0.25, -0.2) is 9.18 Å². The van der Waals surface area contributed by atoms with Crippen LogP contribution in [-0.4, -0.2) is 29.9 Å². The molecule has 1 rings (SSSR count). The Bertz CT molecular complexity index is 342. The fourth-order valence-corrected chi connectivity index (χ4v) is 1.40. The summed E-state index contributed by atoms with van der Waals surface area (Å²) in [6.45, 7) is 0.679. The molecule has 2 amide bonds. The van der Waals surface area contributed by atoms with E-state index in [0.717, 1.165) is 11.8 Å². The second kappa shape index (κ2) is 6.48. The number of alkyl halides is 1. The molecule has 0 aliphatic heterocycles. The van der Waals surface area contributed by atoms with Crippen molar-refractivity contribution in [3.8, 4) is 0 Å². The largest absolute Gasteiger partial charge is 0.328 e. The molecule has 3 nitrogen and oxygen atoms in total. The van der Waals surface area contributed by atoms with Crippen molar-refractivity contribution in [3.05, 3.63) is 30.1 Å². The molecule has 5 heteroatoms. The monoisotopic (exact) mass is 288 g/mol. The molecular formula is C11H14BrFN2O. The van der Waals surface area contributed by atoms with Gasteiger partial charge in [0, 0.05) is 24.6 Å². The second-order valence-corrected chi connectivity index (χ2v) is 4.19. The Morgan fingerprint density at radius 1 is 1.44 bits per heavy atom. The van der Waals surface area contributed by atoms with Gasteiger partial charge in [0.2, 0.25) is 0 Å². The number of hydrogen-bond acceptors (Lipinski definition) is 1. The van der Waals surface area contributed by atoms with Crippen LogP contribution in [0, 0.1) is 5.82 Å². The van der Waals surface area contributed by atoms with E-state index in [1.54, 1.807) is 11.9 Å². The molecule has 88 valence electrons. The number of anilines is 1. The summed E-state index contributed by atoms with van der Waals surface area (Å²) in [5, 5.41) is 3.55. The zero-order valence-corrected chi connectivity index (χ0v) is 10.6. The molecule has 1 aromatic rings. The third-order valence-electron chi connectivity index (χ3n) is 2.07. The zero-order chi connectivity index (χ0) is 12.0. The molecule has 0 saturated carbocycles. The molecule has 0 heterocycles. The summed E-state index contributed by atoms with van der Waals surface area (Å²) in [6, 6.07) is 5.51. The van der Waals surface area contributed by atoms with Crippen LogP contribution < -0.4 is 5.32 Å². The molecule has 0 aliphatic carbocycles. The van der Waals surface area contributed by atoms with Crippen LogP contribution in [0.3, 0.4) is 0 Å². The SMILES string of the molecule is CN(CCCBr)C(=O)Nc1ccc(F)cc1. The first kappa shape index (κ1) is 13.0. The normalized spacial score (nSPS) is 9.94. The Hall–Kier alpha value is -1.10. The summed E-state index contributed by atoms with van der Waals surface area (Å²) in [6.07, 6.45) is 0.896. The van der Waals surface area contributed by atoms with Crippen molar-refractivity contribution < 1.29 is 9.18 Å². The van der Waals surface area contributed by atoms with Gasteiger partial charge in [0.15, 0.2) is 0 Å². The predicted octanol–water partition coefficient (Wildman–Crippen LogP) is 3.07. The fourth-order valence-electron chi connectivity index (χ4n) is 1.15.